The van der Waals surface area contributed by atoms with Crippen molar-refractivity contribution in [2.45, 2.75) is 26.4 Å². The van der Waals surface area contributed by atoms with E-state index >= 15 is 0 Å². The maximum atomic E-state index is 5.94. The summed E-state index contributed by atoms with van der Waals surface area (Å²) in [5.41, 5.74) is 7.99. The monoisotopic (exact) mass is 372 g/mol. The van der Waals surface area contributed by atoms with E-state index < -0.39 is 6.29 Å². The molecule has 0 bridgehead atoms. The van der Waals surface area contributed by atoms with Crippen molar-refractivity contribution in [3.63, 3.8) is 0 Å². The van der Waals surface area contributed by atoms with Crippen LogP contribution in [0.3, 0.4) is 0 Å². The summed E-state index contributed by atoms with van der Waals surface area (Å²) in [7, 11) is 0. The Morgan fingerprint density at radius 1 is 1.15 bits per heavy atom. The minimum Gasteiger partial charge on any atom is -0.488 e. The van der Waals surface area contributed by atoms with Crippen LogP contribution in [0.2, 0.25) is 0 Å². The molecule has 8 heteroatoms. The van der Waals surface area contributed by atoms with E-state index in [0.29, 0.717) is 42.8 Å². The van der Waals surface area contributed by atoms with Crippen LogP contribution in [0.5, 0.6) is 5.75 Å². The third kappa shape index (κ3) is 3.69. The third-order valence-corrected chi connectivity index (χ3v) is 4.50. The Bertz CT molecular complexity index is 787. The van der Waals surface area contributed by atoms with Crippen LogP contribution in [0.4, 0.5) is 11.5 Å². The highest BCUT2D eigenvalue weighted by atomic mass is 16.9. The number of hydrogen-bond acceptors (Lipinski definition) is 8. The third-order valence-electron chi connectivity index (χ3n) is 4.50. The van der Waals surface area contributed by atoms with Gasteiger partial charge in [-0.2, -0.15) is 0 Å². The lowest BCUT2D eigenvalue weighted by atomic mass is 10.2. The van der Waals surface area contributed by atoms with Crippen LogP contribution in [-0.4, -0.2) is 49.2 Å². The van der Waals surface area contributed by atoms with Crippen LogP contribution in [0, 0.1) is 0 Å². The second-order valence-corrected chi connectivity index (χ2v) is 6.41. The Morgan fingerprint density at radius 3 is 2.48 bits per heavy atom. The number of anilines is 2. The van der Waals surface area contributed by atoms with Gasteiger partial charge in [-0.05, 0) is 38.1 Å². The van der Waals surface area contributed by atoms with Crippen molar-refractivity contribution in [1.29, 1.82) is 0 Å². The molecule has 8 nitrogen and oxygen atoms in total. The number of aromatic nitrogens is 2. The van der Waals surface area contributed by atoms with E-state index in [4.69, 9.17) is 34.6 Å². The fourth-order valence-electron chi connectivity index (χ4n) is 3.14. The van der Waals surface area contributed by atoms with E-state index in [1.54, 1.807) is 0 Å². The van der Waals surface area contributed by atoms with Crippen molar-refractivity contribution in [2.75, 3.05) is 43.5 Å². The largest absolute Gasteiger partial charge is 0.488 e. The molecule has 2 saturated heterocycles. The van der Waals surface area contributed by atoms with Gasteiger partial charge < -0.3 is 29.6 Å². The van der Waals surface area contributed by atoms with Crippen molar-refractivity contribution in [2.24, 2.45) is 0 Å². The highest BCUT2D eigenvalue weighted by Crippen LogP contribution is 2.41. The van der Waals surface area contributed by atoms with Crippen molar-refractivity contribution in [3.05, 3.63) is 30.0 Å². The molecule has 27 heavy (non-hydrogen) atoms. The Labute approximate surface area is 158 Å². The molecule has 1 aromatic heterocycles. The molecule has 2 fully saturated rings. The highest BCUT2D eigenvalue weighted by molar-refractivity contribution is 5.65. The first-order valence-corrected chi connectivity index (χ1v) is 9.20. The SMILES string of the molecule is CCOc1c(C2OC(C)O2)nc(-c2ccc(N)cc2)nc1N1CCOCC1. The van der Waals surface area contributed by atoms with Crippen LogP contribution in [0.1, 0.15) is 25.8 Å². The van der Waals surface area contributed by atoms with Gasteiger partial charge in [0, 0.05) is 24.3 Å². The molecular formula is C19H24N4O4. The predicted molar refractivity (Wildman–Crippen MR) is 100 cm³/mol. The number of hydrogen-bond donors (Lipinski definition) is 1. The van der Waals surface area contributed by atoms with Crippen LogP contribution in [-0.2, 0) is 14.2 Å². The summed E-state index contributed by atoms with van der Waals surface area (Å²) < 4.78 is 22.8. The molecule has 144 valence electrons. The van der Waals surface area contributed by atoms with Crippen molar-refractivity contribution >= 4 is 11.5 Å². The number of ether oxygens (including phenoxy) is 4. The summed E-state index contributed by atoms with van der Waals surface area (Å²) in [6, 6.07) is 7.48. The first-order valence-electron chi connectivity index (χ1n) is 9.20. The molecule has 1 aromatic carbocycles. The average molecular weight is 372 g/mol. The van der Waals surface area contributed by atoms with Gasteiger partial charge in [0.05, 0.1) is 19.8 Å². The quantitative estimate of drug-likeness (QED) is 0.800. The number of nitrogens with zero attached hydrogens (tertiary/aromatic N) is 3. The summed E-state index contributed by atoms with van der Waals surface area (Å²) in [6.07, 6.45) is -0.817. The van der Waals surface area contributed by atoms with E-state index in [-0.39, 0.29) is 6.29 Å². The summed E-state index contributed by atoms with van der Waals surface area (Å²) in [6.45, 7) is 7.05. The molecule has 3 heterocycles. The second-order valence-electron chi connectivity index (χ2n) is 6.41. The zero-order valence-electron chi connectivity index (χ0n) is 15.6. The second kappa shape index (κ2) is 7.67. The zero-order valence-corrected chi connectivity index (χ0v) is 15.6. The normalized spacial score (nSPS) is 22.4. The standard InChI is InChI=1S/C19H24N4O4/c1-3-25-16-15(19-26-12(2)27-19)21-17(13-4-6-14(20)7-5-13)22-18(16)23-8-10-24-11-9-23/h4-7,12,19H,3,8-11,20H2,1-2H3. The highest BCUT2D eigenvalue weighted by Gasteiger charge is 2.35. The molecule has 0 radical (unpaired) electrons. The van der Waals surface area contributed by atoms with Crippen molar-refractivity contribution in [3.8, 4) is 17.1 Å². The van der Waals surface area contributed by atoms with Gasteiger partial charge in [-0.3, -0.25) is 0 Å². The molecule has 0 amide bonds. The molecule has 0 spiro atoms. The first kappa shape index (κ1) is 18.0. The van der Waals surface area contributed by atoms with Crippen LogP contribution in [0.25, 0.3) is 11.4 Å². The Hall–Kier alpha value is -2.42. The lowest BCUT2D eigenvalue weighted by molar-refractivity contribution is -0.384. The van der Waals surface area contributed by atoms with Crippen LogP contribution < -0.4 is 15.4 Å². The van der Waals surface area contributed by atoms with E-state index in [1.807, 2.05) is 38.1 Å². The Balaban J connectivity index is 1.81. The first-order chi connectivity index (χ1) is 13.2. The fraction of sp³-hybridized carbons (Fsp3) is 0.474. The number of rotatable bonds is 5. The number of morpholine rings is 1. The molecule has 2 aliphatic heterocycles. The lowest BCUT2D eigenvalue weighted by Gasteiger charge is -2.35. The van der Waals surface area contributed by atoms with Gasteiger partial charge in [0.1, 0.15) is 5.69 Å². The molecule has 2 aliphatic rings. The summed E-state index contributed by atoms with van der Waals surface area (Å²) >= 11 is 0. The Kier molecular flexibility index (Phi) is 5.11. The van der Waals surface area contributed by atoms with Gasteiger partial charge in [0.15, 0.2) is 23.7 Å². The maximum absolute atomic E-state index is 5.94. The van der Waals surface area contributed by atoms with E-state index in [9.17, 15) is 0 Å². The van der Waals surface area contributed by atoms with Crippen molar-refractivity contribution < 1.29 is 18.9 Å². The smallest absolute Gasteiger partial charge is 0.210 e. The number of nitrogens with two attached hydrogens (primary N) is 1. The molecular weight excluding hydrogens is 348 g/mol. The Morgan fingerprint density at radius 2 is 1.85 bits per heavy atom. The lowest BCUT2D eigenvalue weighted by Crippen LogP contribution is -2.38. The van der Waals surface area contributed by atoms with Gasteiger partial charge in [-0.15, -0.1) is 0 Å². The predicted octanol–water partition coefficient (Wildman–Crippen LogP) is 2.35. The van der Waals surface area contributed by atoms with Crippen LogP contribution in [0.15, 0.2) is 24.3 Å². The van der Waals surface area contributed by atoms with Gasteiger partial charge in [-0.1, -0.05) is 0 Å². The summed E-state index contributed by atoms with van der Waals surface area (Å²) in [5, 5.41) is 0. The summed E-state index contributed by atoms with van der Waals surface area (Å²) in [5.74, 6) is 1.93. The zero-order chi connectivity index (χ0) is 18.8. The number of benzene rings is 1. The van der Waals surface area contributed by atoms with E-state index in [1.165, 1.54) is 0 Å². The molecule has 0 unspecified atom stereocenters. The molecule has 0 atom stereocenters. The number of nitrogen functional groups attached to an aromatic ring is 1. The molecule has 0 aliphatic carbocycles. The van der Waals surface area contributed by atoms with Gasteiger partial charge in [-0.25, -0.2) is 9.97 Å². The van der Waals surface area contributed by atoms with E-state index in [0.717, 1.165) is 24.5 Å². The van der Waals surface area contributed by atoms with Crippen LogP contribution >= 0.6 is 0 Å². The minimum atomic E-state index is -0.558. The fourth-order valence-corrected chi connectivity index (χ4v) is 3.14. The maximum Gasteiger partial charge on any atom is 0.210 e. The van der Waals surface area contributed by atoms with Gasteiger partial charge >= 0.3 is 0 Å². The average Bonchev–Trinajstić information content (AvgIpc) is 2.67. The topological polar surface area (TPSA) is 92.0 Å². The van der Waals surface area contributed by atoms with Gasteiger partial charge in [0.2, 0.25) is 6.29 Å². The molecule has 2 aromatic rings. The molecule has 4 rings (SSSR count). The van der Waals surface area contributed by atoms with Crippen molar-refractivity contribution in [1.82, 2.24) is 9.97 Å². The minimum absolute atomic E-state index is 0.258. The molecule has 2 N–H and O–H groups in total. The van der Waals surface area contributed by atoms with E-state index in [2.05, 4.69) is 4.90 Å². The summed E-state index contributed by atoms with van der Waals surface area (Å²) in [4.78, 5) is 11.7. The van der Waals surface area contributed by atoms with Gasteiger partial charge in [0.25, 0.3) is 0 Å². The molecule has 0 saturated carbocycles.